The summed E-state index contributed by atoms with van der Waals surface area (Å²) in [6.45, 7) is 4.23. The zero-order valence-corrected chi connectivity index (χ0v) is 18.1. The lowest BCUT2D eigenvalue weighted by atomic mass is 9.79. The quantitative estimate of drug-likeness (QED) is 0.769. The molecule has 31 heavy (non-hydrogen) atoms. The van der Waals surface area contributed by atoms with E-state index in [0.717, 1.165) is 42.5 Å². The second-order valence-corrected chi connectivity index (χ2v) is 9.38. The van der Waals surface area contributed by atoms with Crippen molar-refractivity contribution >= 4 is 17.6 Å². The number of amides is 1. The summed E-state index contributed by atoms with van der Waals surface area (Å²) in [4.78, 5) is 26.4. The molecule has 1 saturated carbocycles. The zero-order valence-electron chi connectivity index (χ0n) is 18.1. The molecule has 0 aromatic heterocycles. The number of likely N-dealkylation sites (tertiary alicyclic amines) is 1. The molecule has 1 saturated heterocycles. The van der Waals surface area contributed by atoms with Gasteiger partial charge in [0.05, 0.1) is 5.41 Å². The molecule has 0 radical (unpaired) electrons. The lowest BCUT2D eigenvalue weighted by Crippen LogP contribution is -2.42. The van der Waals surface area contributed by atoms with Crippen molar-refractivity contribution in [3.8, 4) is 11.1 Å². The van der Waals surface area contributed by atoms with Crippen molar-refractivity contribution in [3.05, 3.63) is 53.6 Å². The van der Waals surface area contributed by atoms with Crippen LogP contribution in [0.2, 0.25) is 0 Å². The van der Waals surface area contributed by atoms with E-state index < -0.39 is 11.4 Å². The van der Waals surface area contributed by atoms with E-state index in [1.165, 1.54) is 17.7 Å². The second-order valence-electron chi connectivity index (χ2n) is 9.38. The van der Waals surface area contributed by atoms with Crippen molar-refractivity contribution in [1.29, 1.82) is 0 Å². The van der Waals surface area contributed by atoms with Gasteiger partial charge in [-0.25, -0.2) is 0 Å². The van der Waals surface area contributed by atoms with Crippen molar-refractivity contribution in [2.45, 2.75) is 50.9 Å². The van der Waals surface area contributed by atoms with Gasteiger partial charge in [-0.3, -0.25) is 9.59 Å². The molecule has 2 aromatic carbocycles. The highest BCUT2D eigenvalue weighted by molar-refractivity contribution is 5.88. The Labute approximate surface area is 183 Å². The number of hydrogen-bond donors (Lipinski definition) is 2. The Bertz CT molecular complexity index is 1020. The number of nitrogens with one attached hydrogen (secondary N) is 1. The highest BCUT2D eigenvalue weighted by atomic mass is 16.4. The van der Waals surface area contributed by atoms with Crippen LogP contribution in [0.4, 0.5) is 5.69 Å². The molecule has 2 fully saturated rings. The van der Waals surface area contributed by atoms with E-state index in [1.54, 1.807) is 0 Å². The Morgan fingerprint density at radius 3 is 2.45 bits per heavy atom. The Morgan fingerprint density at radius 2 is 1.77 bits per heavy atom. The lowest BCUT2D eigenvalue weighted by molar-refractivity contribution is -0.141. The molecule has 0 unspecified atom stereocenters. The van der Waals surface area contributed by atoms with Gasteiger partial charge in [0.2, 0.25) is 5.91 Å². The smallest absolute Gasteiger partial charge is 0.314 e. The van der Waals surface area contributed by atoms with E-state index in [9.17, 15) is 14.7 Å². The van der Waals surface area contributed by atoms with Crippen molar-refractivity contribution in [3.63, 3.8) is 0 Å². The Morgan fingerprint density at radius 1 is 1.06 bits per heavy atom. The van der Waals surface area contributed by atoms with Crippen LogP contribution in [0.25, 0.3) is 11.1 Å². The second kappa shape index (κ2) is 7.40. The summed E-state index contributed by atoms with van der Waals surface area (Å²) in [7, 11) is 0. The van der Waals surface area contributed by atoms with Crippen molar-refractivity contribution in [2.24, 2.45) is 5.41 Å². The van der Waals surface area contributed by atoms with E-state index in [0.29, 0.717) is 25.9 Å². The first-order valence-corrected chi connectivity index (χ1v) is 11.5. The average molecular weight is 419 g/mol. The molecule has 1 atom stereocenters. The normalized spacial score (nSPS) is 23.7. The summed E-state index contributed by atoms with van der Waals surface area (Å²) >= 11 is 0. The largest absolute Gasteiger partial charge is 0.481 e. The molecule has 5 rings (SSSR count). The van der Waals surface area contributed by atoms with Gasteiger partial charge in [-0.1, -0.05) is 43.3 Å². The van der Waals surface area contributed by atoms with Crippen LogP contribution in [0.5, 0.6) is 0 Å². The number of aliphatic carboxylic acids is 1. The summed E-state index contributed by atoms with van der Waals surface area (Å²) in [6, 6.07) is 14.7. The standard InChI is InChI=1S/C26H30N2O3/c1-2-23(29)28-14-11-25(12-15-28)17-26(25,24(30)31)21-9-7-18(8-10-21)20-6-5-19-4-3-13-27-22(19)16-20/h5-10,16,27H,2-4,11-15,17H2,1H3,(H,30,31)/t26-/m0/s1. The van der Waals surface area contributed by atoms with Crippen LogP contribution < -0.4 is 5.32 Å². The van der Waals surface area contributed by atoms with E-state index in [4.69, 9.17) is 0 Å². The average Bonchev–Trinajstić information content (AvgIpc) is 3.47. The summed E-state index contributed by atoms with van der Waals surface area (Å²) in [5.41, 5.74) is 4.70. The molecule has 2 aliphatic heterocycles. The van der Waals surface area contributed by atoms with Crippen LogP contribution in [0, 0.1) is 5.41 Å². The molecular weight excluding hydrogens is 388 g/mol. The van der Waals surface area contributed by atoms with Gasteiger partial charge in [-0.15, -0.1) is 0 Å². The number of benzene rings is 2. The van der Waals surface area contributed by atoms with Gasteiger partial charge in [-0.05, 0) is 65.8 Å². The molecule has 2 aromatic rings. The number of hydrogen-bond acceptors (Lipinski definition) is 3. The third-order valence-electron chi connectivity index (χ3n) is 7.88. The van der Waals surface area contributed by atoms with E-state index in [1.807, 2.05) is 24.0 Å². The minimum Gasteiger partial charge on any atom is -0.481 e. The number of carboxylic acids is 1. The van der Waals surface area contributed by atoms with Crippen LogP contribution in [0.3, 0.4) is 0 Å². The van der Waals surface area contributed by atoms with Crippen molar-refractivity contribution in [1.82, 2.24) is 4.90 Å². The molecule has 162 valence electrons. The molecule has 5 heteroatoms. The van der Waals surface area contributed by atoms with E-state index >= 15 is 0 Å². The fraction of sp³-hybridized carbons (Fsp3) is 0.462. The van der Waals surface area contributed by atoms with Gasteiger partial charge < -0.3 is 15.3 Å². The third-order valence-corrected chi connectivity index (χ3v) is 7.88. The molecule has 2 N–H and O–H groups in total. The molecule has 1 amide bonds. The predicted molar refractivity (Wildman–Crippen MR) is 121 cm³/mol. The van der Waals surface area contributed by atoms with E-state index in [-0.39, 0.29) is 11.3 Å². The summed E-state index contributed by atoms with van der Waals surface area (Å²) in [5.74, 6) is -0.561. The van der Waals surface area contributed by atoms with Crippen LogP contribution in [0.15, 0.2) is 42.5 Å². The van der Waals surface area contributed by atoms with Crippen LogP contribution in [-0.2, 0) is 21.4 Å². The summed E-state index contributed by atoms with van der Waals surface area (Å²) in [6.07, 6.45) is 5.01. The number of nitrogens with zero attached hydrogens (tertiary/aromatic N) is 1. The number of fused-ring (bicyclic) bond motifs is 1. The number of rotatable bonds is 4. The maximum atomic E-state index is 12.5. The predicted octanol–water partition coefficient (Wildman–Crippen LogP) is 4.46. The maximum Gasteiger partial charge on any atom is 0.314 e. The maximum absolute atomic E-state index is 12.5. The van der Waals surface area contributed by atoms with Gasteiger partial charge in [-0.2, -0.15) is 0 Å². The number of piperidine rings is 1. The number of carbonyl (C=O) groups is 2. The van der Waals surface area contributed by atoms with Crippen LogP contribution >= 0.6 is 0 Å². The fourth-order valence-electron chi connectivity index (χ4n) is 5.90. The highest BCUT2D eigenvalue weighted by Crippen LogP contribution is 2.69. The highest BCUT2D eigenvalue weighted by Gasteiger charge is 2.72. The topological polar surface area (TPSA) is 69.6 Å². The van der Waals surface area contributed by atoms with E-state index in [2.05, 4.69) is 35.6 Å². The Kier molecular flexibility index (Phi) is 4.80. The zero-order chi connectivity index (χ0) is 21.6. The van der Waals surface area contributed by atoms with Crippen LogP contribution in [-0.4, -0.2) is 41.5 Å². The first-order chi connectivity index (χ1) is 15.0. The minimum atomic E-state index is -0.815. The molecule has 3 aliphatic rings. The monoisotopic (exact) mass is 418 g/mol. The van der Waals surface area contributed by atoms with Gasteiger partial charge in [0.25, 0.3) is 0 Å². The SMILES string of the molecule is CCC(=O)N1CCC2(CC1)C[C@@]2(C(=O)O)c1ccc(-c2ccc3c(c2)NCCC3)cc1. The van der Waals surface area contributed by atoms with Gasteiger partial charge in [0.1, 0.15) is 0 Å². The summed E-state index contributed by atoms with van der Waals surface area (Å²) in [5, 5.41) is 13.7. The third kappa shape index (κ3) is 3.13. The molecule has 2 heterocycles. The van der Waals surface area contributed by atoms with Crippen molar-refractivity contribution < 1.29 is 14.7 Å². The lowest BCUT2D eigenvalue weighted by Gasteiger charge is -2.34. The number of anilines is 1. The summed E-state index contributed by atoms with van der Waals surface area (Å²) < 4.78 is 0. The number of carboxylic acid groups (broad SMARTS) is 1. The molecule has 1 aliphatic carbocycles. The molecule has 1 spiro atoms. The Hall–Kier alpha value is -2.82. The van der Waals surface area contributed by atoms with Crippen molar-refractivity contribution in [2.75, 3.05) is 25.0 Å². The number of carbonyl (C=O) groups excluding carboxylic acids is 1. The first kappa shape index (κ1) is 20.1. The van der Waals surface area contributed by atoms with Crippen LogP contribution in [0.1, 0.15) is 50.2 Å². The Balaban J connectivity index is 1.38. The fourth-order valence-corrected chi connectivity index (χ4v) is 5.90. The van der Waals surface area contributed by atoms with Gasteiger partial charge >= 0.3 is 5.97 Å². The first-order valence-electron chi connectivity index (χ1n) is 11.5. The van der Waals surface area contributed by atoms with Gasteiger partial charge in [0, 0.05) is 31.7 Å². The van der Waals surface area contributed by atoms with Gasteiger partial charge in [0.15, 0.2) is 0 Å². The number of aryl methyl sites for hydroxylation is 1. The molecule has 5 nitrogen and oxygen atoms in total. The molecule has 0 bridgehead atoms. The molecular formula is C26H30N2O3. The minimum absolute atomic E-state index is 0.167.